The van der Waals surface area contributed by atoms with E-state index in [4.69, 9.17) is 0 Å². The second-order valence-electron chi connectivity index (χ2n) is 6.56. The minimum atomic E-state index is 0.814. The number of allylic oxidation sites excluding steroid dienone is 1. The average molecular weight is 232 g/mol. The van der Waals surface area contributed by atoms with Gasteiger partial charge in [0.1, 0.15) is 0 Å². The fourth-order valence-corrected chi connectivity index (χ4v) is 4.59. The summed E-state index contributed by atoms with van der Waals surface area (Å²) in [7, 11) is 0. The summed E-state index contributed by atoms with van der Waals surface area (Å²) in [5.74, 6) is 1.88. The molecule has 0 radical (unpaired) electrons. The van der Waals surface area contributed by atoms with E-state index in [0.717, 1.165) is 30.0 Å². The zero-order chi connectivity index (χ0) is 11.2. The van der Waals surface area contributed by atoms with E-state index in [2.05, 4.69) is 22.4 Å². The van der Waals surface area contributed by atoms with Crippen LogP contribution in [0.1, 0.15) is 38.5 Å². The summed E-state index contributed by atoms with van der Waals surface area (Å²) in [6.45, 7) is 2.72. The lowest BCUT2D eigenvalue weighted by Crippen LogP contribution is -2.55. The molecule has 2 nitrogen and oxygen atoms in total. The standard InChI is InChI=1S/C15H24N2/c1-3-11-9-15(14(11)5-1)16-12-6-8-17-7-2-4-13(17)10-12/h1,5,11-16H,2-4,6-10H2. The first-order valence-electron chi connectivity index (χ1n) is 7.57. The fraction of sp³-hybridized carbons (Fsp3) is 0.867. The summed E-state index contributed by atoms with van der Waals surface area (Å²) >= 11 is 0. The molecule has 3 fully saturated rings. The van der Waals surface area contributed by atoms with Crippen LogP contribution in [0.2, 0.25) is 0 Å². The highest BCUT2D eigenvalue weighted by Crippen LogP contribution is 2.43. The lowest BCUT2D eigenvalue weighted by Gasteiger charge is -2.45. The smallest absolute Gasteiger partial charge is 0.0138 e. The maximum atomic E-state index is 3.96. The number of hydrogen-bond acceptors (Lipinski definition) is 2. The zero-order valence-electron chi connectivity index (χ0n) is 10.6. The van der Waals surface area contributed by atoms with Crippen LogP contribution in [-0.4, -0.2) is 36.1 Å². The molecule has 2 saturated heterocycles. The Labute approximate surface area is 104 Å². The average Bonchev–Trinajstić information content (AvgIpc) is 2.91. The molecule has 94 valence electrons. The number of rotatable bonds is 2. The second kappa shape index (κ2) is 4.10. The normalized spacial score (nSPS) is 48.8. The molecule has 2 aliphatic carbocycles. The monoisotopic (exact) mass is 232 g/mol. The van der Waals surface area contributed by atoms with E-state index in [-0.39, 0.29) is 0 Å². The van der Waals surface area contributed by atoms with Crippen molar-refractivity contribution < 1.29 is 0 Å². The molecule has 0 amide bonds. The summed E-state index contributed by atoms with van der Waals surface area (Å²) in [4.78, 5) is 2.72. The van der Waals surface area contributed by atoms with Gasteiger partial charge in [-0.3, -0.25) is 0 Å². The van der Waals surface area contributed by atoms with Gasteiger partial charge in [0, 0.05) is 18.1 Å². The van der Waals surface area contributed by atoms with Crippen molar-refractivity contribution in [1.29, 1.82) is 0 Å². The Hall–Kier alpha value is -0.340. The van der Waals surface area contributed by atoms with Gasteiger partial charge in [-0.05, 0) is 63.5 Å². The molecule has 17 heavy (non-hydrogen) atoms. The molecule has 0 aromatic carbocycles. The van der Waals surface area contributed by atoms with Gasteiger partial charge in [0.05, 0.1) is 0 Å². The van der Waals surface area contributed by atoms with Gasteiger partial charge in [-0.15, -0.1) is 0 Å². The predicted octanol–water partition coefficient (Wildman–Crippen LogP) is 2.17. The van der Waals surface area contributed by atoms with E-state index in [0.29, 0.717) is 0 Å². The van der Waals surface area contributed by atoms with Gasteiger partial charge in [0.25, 0.3) is 0 Å². The lowest BCUT2D eigenvalue weighted by molar-refractivity contribution is 0.110. The van der Waals surface area contributed by atoms with Crippen LogP contribution in [0.15, 0.2) is 12.2 Å². The van der Waals surface area contributed by atoms with Crippen LogP contribution in [0.4, 0.5) is 0 Å². The Morgan fingerprint density at radius 1 is 1.12 bits per heavy atom. The highest BCUT2D eigenvalue weighted by molar-refractivity contribution is 5.13. The van der Waals surface area contributed by atoms with Crippen LogP contribution in [0.3, 0.4) is 0 Å². The molecule has 0 aromatic heterocycles. The summed E-state index contributed by atoms with van der Waals surface area (Å²) in [5.41, 5.74) is 0. The van der Waals surface area contributed by atoms with Gasteiger partial charge in [0.2, 0.25) is 0 Å². The van der Waals surface area contributed by atoms with Crippen molar-refractivity contribution in [2.75, 3.05) is 13.1 Å². The van der Waals surface area contributed by atoms with E-state index < -0.39 is 0 Å². The number of hydrogen-bond donors (Lipinski definition) is 1. The van der Waals surface area contributed by atoms with Gasteiger partial charge < -0.3 is 10.2 Å². The molecule has 4 aliphatic rings. The van der Waals surface area contributed by atoms with E-state index in [1.807, 2.05) is 0 Å². The van der Waals surface area contributed by atoms with Gasteiger partial charge in [0.15, 0.2) is 0 Å². The molecule has 0 aromatic rings. The Morgan fingerprint density at radius 2 is 2.12 bits per heavy atom. The predicted molar refractivity (Wildman–Crippen MR) is 69.9 cm³/mol. The minimum absolute atomic E-state index is 0.814. The highest BCUT2D eigenvalue weighted by Gasteiger charge is 2.42. The van der Waals surface area contributed by atoms with E-state index >= 15 is 0 Å². The number of nitrogens with one attached hydrogen (secondary N) is 1. The Kier molecular flexibility index (Phi) is 2.55. The van der Waals surface area contributed by atoms with Gasteiger partial charge >= 0.3 is 0 Å². The first-order valence-corrected chi connectivity index (χ1v) is 7.57. The van der Waals surface area contributed by atoms with Crippen LogP contribution < -0.4 is 5.32 Å². The maximum Gasteiger partial charge on any atom is 0.0138 e. The summed E-state index contributed by atoms with van der Waals surface area (Å²) < 4.78 is 0. The van der Waals surface area contributed by atoms with Crippen LogP contribution in [0.25, 0.3) is 0 Å². The van der Waals surface area contributed by atoms with Crippen molar-refractivity contribution in [3.63, 3.8) is 0 Å². The lowest BCUT2D eigenvalue weighted by atomic mass is 9.71. The molecule has 0 bridgehead atoms. The minimum Gasteiger partial charge on any atom is -0.311 e. The molecule has 4 rings (SSSR count). The Balaban J connectivity index is 1.33. The zero-order valence-corrected chi connectivity index (χ0v) is 10.6. The van der Waals surface area contributed by atoms with Gasteiger partial charge in [-0.2, -0.15) is 0 Å². The van der Waals surface area contributed by atoms with E-state index in [1.165, 1.54) is 51.6 Å². The Bertz CT molecular complexity index is 325. The maximum absolute atomic E-state index is 3.96. The van der Waals surface area contributed by atoms with E-state index in [1.54, 1.807) is 0 Å². The Morgan fingerprint density at radius 3 is 3.06 bits per heavy atom. The SMILES string of the molecule is C1=CC2C(C1)CC2NC1CCN2CCCC2C1. The van der Waals surface area contributed by atoms with Crippen molar-refractivity contribution in [1.82, 2.24) is 10.2 Å². The number of piperidine rings is 1. The molecular weight excluding hydrogens is 208 g/mol. The van der Waals surface area contributed by atoms with Crippen LogP contribution in [0, 0.1) is 11.8 Å². The summed E-state index contributed by atoms with van der Waals surface area (Å²) in [5, 5.41) is 3.96. The topological polar surface area (TPSA) is 15.3 Å². The highest BCUT2D eigenvalue weighted by atomic mass is 15.2. The molecule has 2 heterocycles. The molecule has 1 N–H and O–H groups in total. The molecule has 0 spiro atoms. The third-order valence-corrected chi connectivity index (χ3v) is 5.63. The summed E-state index contributed by atoms with van der Waals surface area (Å²) in [6, 6.07) is 2.54. The molecule has 2 heteroatoms. The molecular formula is C15H24N2. The van der Waals surface area contributed by atoms with Gasteiger partial charge in [-0.1, -0.05) is 12.2 Å². The van der Waals surface area contributed by atoms with Crippen molar-refractivity contribution in [2.24, 2.45) is 11.8 Å². The molecule has 5 unspecified atom stereocenters. The van der Waals surface area contributed by atoms with Gasteiger partial charge in [-0.25, -0.2) is 0 Å². The number of nitrogens with zero attached hydrogens (tertiary/aromatic N) is 1. The van der Waals surface area contributed by atoms with Crippen LogP contribution in [-0.2, 0) is 0 Å². The first kappa shape index (κ1) is 10.6. The molecule has 1 saturated carbocycles. The summed E-state index contributed by atoms with van der Waals surface area (Å²) in [6.07, 6.45) is 13.3. The molecule has 5 atom stereocenters. The van der Waals surface area contributed by atoms with Crippen molar-refractivity contribution in [3.8, 4) is 0 Å². The molecule has 2 aliphatic heterocycles. The number of fused-ring (bicyclic) bond motifs is 2. The van der Waals surface area contributed by atoms with Crippen LogP contribution >= 0.6 is 0 Å². The fourth-order valence-electron chi connectivity index (χ4n) is 4.59. The third-order valence-electron chi connectivity index (χ3n) is 5.63. The van der Waals surface area contributed by atoms with Crippen molar-refractivity contribution in [3.05, 3.63) is 12.2 Å². The largest absolute Gasteiger partial charge is 0.311 e. The third kappa shape index (κ3) is 1.77. The van der Waals surface area contributed by atoms with Crippen LogP contribution in [0.5, 0.6) is 0 Å². The quantitative estimate of drug-likeness (QED) is 0.734. The van der Waals surface area contributed by atoms with Crippen molar-refractivity contribution >= 4 is 0 Å². The van der Waals surface area contributed by atoms with E-state index in [9.17, 15) is 0 Å². The first-order chi connectivity index (χ1) is 8.40. The second-order valence-corrected chi connectivity index (χ2v) is 6.56. The van der Waals surface area contributed by atoms with Crippen molar-refractivity contribution in [2.45, 2.75) is 56.7 Å².